The van der Waals surface area contributed by atoms with Crippen molar-refractivity contribution in [1.29, 1.82) is 0 Å². The van der Waals surface area contributed by atoms with Gasteiger partial charge in [0.05, 0.1) is 29.4 Å². The monoisotopic (exact) mass is 406 g/mol. The molecular weight excluding hydrogens is 393 g/mol. The summed E-state index contributed by atoms with van der Waals surface area (Å²) in [7, 11) is 1.26. The van der Waals surface area contributed by atoms with E-state index < -0.39 is 16.5 Å². The van der Waals surface area contributed by atoms with Crippen LogP contribution in [0.3, 0.4) is 0 Å². The Morgan fingerprint density at radius 1 is 1.20 bits per heavy atom. The Labute approximate surface area is 169 Å². The summed E-state index contributed by atoms with van der Waals surface area (Å²) in [6.07, 6.45) is 1.22. The van der Waals surface area contributed by atoms with Crippen molar-refractivity contribution in [2.75, 3.05) is 7.11 Å². The standard InChI is InChI=1S/C21H14FN3O5/c1-29-19-10-14(25(27)28)8-12(20(19)26)11-23-13-6-7-18-17(9-13)24-21(30-18)15-4-2-3-5-16(15)22/h2-11,26H,1H3/p-1. The van der Waals surface area contributed by atoms with Crippen molar-refractivity contribution in [3.05, 3.63) is 76.1 Å². The molecule has 0 spiro atoms. The number of hydrogen-bond donors (Lipinski definition) is 0. The normalized spacial score (nSPS) is 11.3. The summed E-state index contributed by atoms with van der Waals surface area (Å²) >= 11 is 0. The minimum absolute atomic E-state index is 0.00773. The van der Waals surface area contributed by atoms with Crippen LogP contribution in [0.5, 0.6) is 11.5 Å². The molecule has 0 saturated heterocycles. The fourth-order valence-electron chi connectivity index (χ4n) is 2.85. The number of fused-ring (bicyclic) bond motifs is 1. The lowest BCUT2D eigenvalue weighted by atomic mass is 10.1. The molecule has 4 aromatic rings. The Morgan fingerprint density at radius 2 is 2.00 bits per heavy atom. The molecule has 0 radical (unpaired) electrons. The van der Waals surface area contributed by atoms with Crippen LogP contribution in [-0.4, -0.2) is 23.2 Å². The van der Waals surface area contributed by atoms with Crippen LogP contribution in [0.25, 0.3) is 22.6 Å². The number of hydrogen-bond acceptors (Lipinski definition) is 7. The molecule has 0 aliphatic carbocycles. The summed E-state index contributed by atoms with van der Waals surface area (Å²) in [5.41, 5.74) is 1.28. The largest absolute Gasteiger partial charge is 0.870 e. The van der Waals surface area contributed by atoms with E-state index in [1.54, 1.807) is 36.4 Å². The number of rotatable bonds is 5. The second-order valence-electron chi connectivity index (χ2n) is 6.23. The average molecular weight is 406 g/mol. The number of nitro benzene ring substituents is 1. The van der Waals surface area contributed by atoms with Crippen LogP contribution in [0.15, 0.2) is 64.0 Å². The second kappa shape index (κ2) is 7.63. The maximum atomic E-state index is 14.0. The summed E-state index contributed by atoms with van der Waals surface area (Å²) in [5, 5.41) is 23.4. The van der Waals surface area contributed by atoms with Gasteiger partial charge in [0.1, 0.15) is 17.1 Å². The highest BCUT2D eigenvalue weighted by molar-refractivity contribution is 5.89. The fraction of sp³-hybridized carbons (Fsp3) is 0.0476. The van der Waals surface area contributed by atoms with E-state index in [1.165, 1.54) is 19.4 Å². The van der Waals surface area contributed by atoms with Crippen molar-refractivity contribution in [3.8, 4) is 23.0 Å². The van der Waals surface area contributed by atoms with Crippen molar-refractivity contribution in [3.63, 3.8) is 0 Å². The number of ether oxygens (including phenoxy) is 1. The second-order valence-corrected chi connectivity index (χ2v) is 6.23. The summed E-state index contributed by atoms with van der Waals surface area (Å²) in [5.74, 6) is -0.984. The Morgan fingerprint density at radius 3 is 2.73 bits per heavy atom. The Hall–Kier alpha value is -4.27. The van der Waals surface area contributed by atoms with Gasteiger partial charge in [-0.1, -0.05) is 17.9 Å². The summed E-state index contributed by atoms with van der Waals surface area (Å²) in [6, 6.07) is 13.1. The number of nitro groups is 1. The van der Waals surface area contributed by atoms with Gasteiger partial charge in [-0.05, 0) is 35.9 Å². The van der Waals surface area contributed by atoms with Crippen molar-refractivity contribution in [2.24, 2.45) is 4.99 Å². The van der Waals surface area contributed by atoms with Crippen LogP contribution >= 0.6 is 0 Å². The maximum Gasteiger partial charge on any atom is 0.273 e. The first kappa shape index (κ1) is 19.1. The van der Waals surface area contributed by atoms with Gasteiger partial charge in [-0.15, -0.1) is 0 Å². The van der Waals surface area contributed by atoms with Crippen LogP contribution < -0.4 is 9.84 Å². The first-order chi connectivity index (χ1) is 14.5. The number of benzene rings is 3. The molecule has 0 bridgehead atoms. The molecule has 0 amide bonds. The van der Waals surface area contributed by atoms with Crippen molar-refractivity contribution in [2.45, 2.75) is 0 Å². The Balaban J connectivity index is 1.69. The highest BCUT2D eigenvalue weighted by atomic mass is 19.1. The molecule has 8 nitrogen and oxygen atoms in total. The van der Waals surface area contributed by atoms with Gasteiger partial charge in [-0.2, -0.15) is 0 Å². The molecule has 0 aliphatic heterocycles. The quantitative estimate of drug-likeness (QED) is 0.276. The van der Waals surface area contributed by atoms with Gasteiger partial charge < -0.3 is 14.3 Å². The van der Waals surface area contributed by atoms with Gasteiger partial charge in [-0.25, -0.2) is 9.37 Å². The molecule has 30 heavy (non-hydrogen) atoms. The average Bonchev–Trinajstić information content (AvgIpc) is 3.16. The first-order valence-corrected chi connectivity index (χ1v) is 8.69. The van der Waals surface area contributed by atoms with Gasteiger partial charge in [0.15, 0.2) is 5.58 Å². The lowest BCUT2D eigenvalue weighted by molar-refractivity contribution is -0.385. The highest BCUT2D eigenvalue weighted by Gasteiger charge is 2.13. The van der Waals surface area contributed by atoms with Crippen LogP contribution in [0.2, 0.25) is 0 Å². The third kappa shape index (κ3) is 3.55. The number of aliphatic imine (C=N–C) groups is 1. The molecule has 150 valence electrons. The van der Waals surface area contributed by atoms with E-state index in [0.29, 0.717) is 16.8 Å². The minimum Gasteiger partial charge on any atom is -0.870 e. The smallest absolute Gasteiger partial charge is 0.273 e. The number of non-ortho nitro benzene ring substituents is 1. The van der Waals surface area contributed by atoms with Crippen LogP contribution in [-0.2, 0) is 0 Å². The summed E-state index contributed by atoms with van der Waals surface area (Å²) in [4.78, 5) is 18.9. The predicted molar refractivity (Wildman–Crippen MR) is 106 cm³/mol. The van der Waals surface area contributed by atoms with Crippen molar-refractivity contribution >= 4 is 28.7 Å². The number of methoxy groups -OCH3 is 1. The molecule has 0 unspecified atom stereocenters. The topological polar surface area (TPSA) is 114 Å². The Bertz CT molecular complexity index is 1300. The van der Waals surface area contributed by atoms with Gasteiger partial charge in [0.2, 0.25) is 5.89 Å². The van der Waals surface area contributed by atoms with E-state index in [-0.39, 0.29) is 28.5 Å². The molecule has 0 N–H and O–H groups in total. The number of oxazole rings is 1. The van der Waals surface area contributed by atoms with Gasteiger partial charge in [0.25, 0.3) is 5.69 Å². The molecule has 0 saturated carbocycles. The molecule has 9 heteroatoms. The lowest BCUT2D eigenvalue weighted by Crippen LogP contribution is -2.02. The zero-order chi connectivity index (χ0) is 21.3. The Kier molecular flexibility index (Phi) is 4.85. The molecule has 0 aliphatic rings. The fourth-order valence-corrected chi connectivity index (χ4v) is 2.85. The third-order valence-electron chi connectivity index (χ3n) is 4.33. The lowest BCUT2D eigenvalue weighted by Gasteiger charge is -2.14. The van der Waals surface area contributed by atoms with Crippen LogP contribution in [0.4, 0.5) is 15.8 Å². The van der Waals surface area contributed by atoms with Gasteiger partial charge in [-0.3, -0.25) is 15.1 Å². The minimum atomic E-state index is -0.620. The predicted octanol–water partition coefficient (Wildman–Crippen LogP) is 4.37. The van der Waals surface area contributed by atoms with E-state index >= 15 is 0 Å². The molecule has 1 aromatic heterocycles. The van der Waals surface area contributed by atoms with Crippen LogP contribution in [0.1, 0.15) is 5.56 Å². The van der Waals surface area contributed by atoms with Crippen molar-refractivity contribution in [1.82, 2.24) is 4.98 Å². The highest BCUT2D eigenvalue weighted by Crippen LogP contribution is 2.32. The first-order valence-electron chi connectivity index (χ1n) is 8.69. The number of aromatic nitrogens is 1. The van der Waals surface area contributed by atoms with Crippen molar-refractivity contribution < 1.29 is 23.6 Å². The van der Waals surface area contributed by atoms with E-state index in [4.69, 9.17) is 9.15 Å². The third-order valence-corrected chi connectivity index (χ3v) is 4.33. The number of nitrogens with zero attached hydrogens (tertiary/aromatic N) is 3. The summed E-state index contributed by atoms with van der Waals surface area (Å²) in [6.45, 7) is 0. The zero-order valence-corrected chi connectivity index (χ0v) is 15.5. The van der Waals surface area contributed by atoms with E-state index in [9.17, 15) is 19.6 Å². The summed E-state index contributed by atoms with van der Waals surface area (Å²) < 4.78 is 24.5. The van der Waals surface area contributed by atoms with Gasteiger partial charge >= 0.3 is 0 Å². The van der Waals surface area contributed by atoms with Crippen LogP contribution in [0, 0.1) is 15.9 Å². The number of halogens is 1. The molecular formula is C21H13FN3O5-. The molecule has 4 rings (SSSR count). The maximum absolute atomic E-state index is 14.0. The van der Waals surface area contributed by atoms with E-state index in [0.717, 1.165) is 12.1 Å². The zero-order valence-electron chi connectivity index (χ0n) is 15.5. The molecule has 1 heterocycles. The molecule has 3 aromatic carbocycles. The SMILES string of the molecule is COc1cc([N+](=O)[O-])cc(C=Nc2ccc3oc(-c4ccccc4F)nc3c2)c1[O-]. The van der Waals surface area contributed by atoms with Gasteiger partial charge in [0, 0.05) is 12.3 Å². The molecule has 0 atom stereocenters. The molecule has 0 fully saturated rings. The van der Waals surface area contributed by atoms with E-state index in [1.807, 2.05) is 0 Å². The van der Waals surface area contributed by atoms with E-state index in [2.05, 4.69) is 9.98 Å².